The molecule has 2 unspecified atom stereocenters. The molecule has 6 nitrogen and oxygen atoms in total. The minimum atomic E-state index is -0.757. The maximum atomic E-state index is 11.3. The van der Waals surface area contributed by atoms with E-state index in [1.807, 2.05) is 6.08 Å². The van der Waals surface area contributed by atoms with Crippen molar-refractivity contribution in [3.05, 3.63) is 24.8 Å². The summed E-state index contributed by atoms with van der Waals surface area (Å²) in [6.45, 7) is 7.58. The van der Waals surface area contributed by atoms with Crippen molar-refractivity contribution in [2.24, 2.45) is 16.5 Å². The highest BCUT2D eigenvalue weighted by molar-refractivity contribution is 5.75. The third-order valence-corrected chi connectivity index (χ3v) is 7.42. The Hall–Kier alpha value is -1.37. The molecular formula is C28H53N5O. The zero-order valence-corrected chi connectivity index (χ0v) is 21.8. The van der Waals surface area contributed by atoms with Crippen molar-refractivity contribution in [1.82, 2.24) is 9.80 Å². The van der Waals surface area contributed by atoms with E-state index in [9.17, 15) is 5.11 Å². The fourth-order valence-electron chi connectivity index (χ4n) is 5.44. The Labute approximate surface area is 209 Å². The number of guanidine groups is 1. The van der Waals surface area contributed by atoms with Crippen molar-refractivity contribution in [1.29, 1.82) is 0 Å². The molecule has 6 heteroatoms. The van der Waals surface area contributed by atoms with Gasteiger partial charge < -0.3 is 16.6 Å². The summed E-state index contributed by atoms with van der Waals surface area (Å²) in [5.41, 5.74) is 10.0. The van der Waals surface area contributed by atoms with Crippen molar-refractivity contribution in [3.8, 4) is 0 Å². The Morgan fingerprint density at radius 3 is 2.15 bits per heavy atom. The second-order valence-corrected chi connectivity index (χ2v) is 10.3. The van der Waals surface area contributed by atoms with Crippen molar-refractivity contribution in [2.75, 3.05) is 26.2 Å². The van der Waals surface area contributed by atoms with Gasteiger partial charge in [-0.1, -0.05) is 76.4 Å². The van der Waals surface area contributed by atoms with E-state index >= 15 is 0 Å². The van der Waals surface area contributed by atoms with Crippen molar-refractivity contribution < 1.29 is 5.11 Å². The number of unbranched alkanes of at least 4 members (excludes halogenated alkanes) is 13. The molecule has 0 spiro atoms. The first-order valence-electron chi connectivity index (χ1n) is 14.2. The molecule has 2 rings (SSSR count). The molecule has 196 valence electrons. The molecular weight excluding hydrogens is 422 g/mol. The zero-order valence-electron chi connectivity index (χ0n) is 21.8. The highest BCUT2D eigenvalue weighted by Gasteiger charge is 2.43. The van der Waals surface area contributed by atoms with Gasteiger partial charge in [0.05, 0.1) is 6.17 Å². The van der Waals surface area contributed by atoms with Gasteiger partial charge in [0, 0.05) is 19.6 Å². The molecule has 1 saturated heterocycles. The summed E-state index contributed by atoms with van der Waals surface area (Å²) in [7, 11) is 0. The Kier molecular flexibility index (Phi) is 14.5. The molecule has 5 N–H and O–H groups in total. The van der Waals surface area contributed by atoms with Gasteiger partial charge in [0.15, 0.2) is 5.96 Å². The van der Waals surface area contributed by atoms with E-state index in [4.69, 9.17) is 11.5 Å². The number of allylic oxidation sites excluding steroid dienone is 1. The van der Waals surface area contributed by atoms with Crippen LogP contribution in [-0.4, -0.2) is 58.9 Å². The van der Waals surface area contributed by atoms with Crippen molar-refractivity contribution in [3.63, 3.8) is 0 Å². The minimum Gasteiger partial charge on any atom is -0.372 e. The molecule has 2 aliphatic rings. The summed E-state index contributed by atoms with van der Waals surface area (Å²) in [6.07, 6.45) is 27.7. The Morgan fingerprint density at radius 2 is 1.53 bits per heavy atom. The summed E-state index contributed by atoms with van der Waals surface area (Å²) in [5, 5.41) is 11.3. The third-order valence-electron chi connectivity index (χ3n) is 7.42. The SMILES string of the molecule is C=CCCCCCCCCCCCCCCC1(O)C=CC2N(CCCCN=C(N)N)CCCN21. The number of aliphatic hydroxyl groups is 1. The van der Waals surface area contributed by atoms with Gasteiger partial charge in [-0.05, 0) is 57.6 Å². The van der Waals surface area contributed by atoms with E-state index < -0.39 is 5.72 Å². The first-order chi connectivity index (χ1) is 16.6. The van der Waals surface area contributed by atoms with Crippen LogP contribution in [0.25, 0.3) is 0 Å². The molecule has 0 saturated carbocycles. The predicted octanol–water partition coefficient (Wildman–Crippen LogP) is 5.28. The van der Waals surface area contributed by atoms with Crippen LogP contribution in [0.5, 0.6) is 0 Å². The molecule has 2 atom stereocenters. The van der Waals surface area contributed by atoms with E-state index in [0.29, 0.717) is 6.54 Å². The van der Waals surface area contributed by atoms with E-state index in [1.165, 1.54) is 77.0 Å². The summed E-state index contributed by atoms with van der Waals surface area (Å²) >= 11 is 0. The average molecular weight is 476 g/mol. The second-order valence-electron chi connectivity index (χ2n) is 10.3. The molecule has 0 bridgehead atoms. The lowest BCUT2D eigenvalue weighted by molar-refractivity contribution is -0.122. The Balaban J connectivity index is 1.51. The fraction of sp³-hybridized carbons (Fsp3) is 0.821. The van der Waals surface area contributed by atoms with E-state index in [0.717, 1.165) is 51.7 Å². The highest BCUT2D eigenvalue weighted by atomic mass is 16.3. The summed E-state index contributed by atoms with van der Waals surface area (Å²) in [4.78, 5) is 8.88. The smallest absolute Gasteiger partial charge is 0.185 e. The number of rotatable bonds is 20. The monoisotopic (exact) mass is 475 g/mol. The van der Waals surface area contributed by atoms with Crippen LogP contribution in [0.2, 0.25) is 0 Å². The van der Waals surface area contributed by atoms with Crippen LogP contribution in [0.1, 0.15) is 109 Å². The maximum absolute atomic E-state index is 11.3. The molecule has 0 aromatic carbocycles. The molecule has 0 amide bonds. The topological polar surface area (TPSA) is 91.1 Å². The van der Waals surface area contributed by atoms with Gasteiger partial charge >= 0.3 is 0 Å². The van der Waals surface area contributed by atoms with Gasteiger partial charge in [-0.25, -0.2) is 0 Å². The number of hydrogen-bond acceptors (Lipinski definition) is 4. The number of aliphatic imine (C=N–C) groups is 1. The number of nitrogens with two attached hydrogens (primary N) is 2. The highest BCUT2D eigenvalue weighted by Crippen LogP contribution is 2.34. The van der Waals surface area contributed by atoms with Crippen molar-refractivity contribution >= 4 is 5.96 Å². The van der Waals surface area contributed by atoms with Crippen LogP contribution in [0.15, 0.2) is 29.8 Å². The number of fused-ring (bicyclic) bond motifs is 1. The quantitative estimate of drug-likeness (QED) is 0.0964. The average Bonchev–Trinajstić information content (AvgIpc) is 3.16. The lowest BCUT2D eigenvalue weighted by Crippen LogP contribution is -2.58. The Morgan fingerprint density at radius 1 is 0.912 bits per heavy atom. The molecule has 1 fully saturated rings. The van der Waals surface area contributed by atoms with Crippen LogP contribution < -0.4 is 11.5 Å². The fourth-order valence-corrected chi connectivity index (χ4v) is 5.44. The van der Waals surface area contributed by atoms with Gasteiger partial charge in [-0.3, -0.25) is 14.8 Å². The second kappa shape index (κ2) is 17.1. The van der Waals surface area contributed by atoms with Crippen molar-refractivity contribution in [2.45, 2.75) is 121 Å². The summed E-state index contributed by atoms with van der Waals surface area (Å²) in [5.74, 6) is 0.175. The normalized spacial score (nSPS) is 22.7. The number of hydrogen-bond donors (Lipinski definition) is 3. The zero-order chi connectivity index (χ0) is 24.5. The first-order valence-corrected chi connectivity index (χ1v) is 14.2. The van der Waals surface area contributed by atoms with Crippen LogP contribution in [-0.2, 0) is 0 Å². The summed E-state index contributed by atoms with van der Waals surface area (Å²) in [6, 6.07) is 0. The Bertz CT molecular complexity index is 604. The minimum absolute atomic E-state index is 0.175. The van der Waals surface area contributed by atoms with Gasteiger partial charge in [-0.15, -0.1) is 6.58 Å². The molecule has 2 aliphatic heterocycles. The lowest BCUT2D eigenvalue weighted by Gasteiger charge is -2.45. The van der Waals surface area contributed by atoms with Gasteiger partial charge in [0.25, 0.3) is 0 Å². The lowest BCUT2D eigenvalue weighted by atomic mass is 10.0. The number of nitrogens with zero attached hydrogens (tertiary/aromatic N) is 3. The third kappa shape index (κ3) is 10.9. The largest absolute Gasteiger partial charge is 0.372 e. The van der Waals surface area contributed by atoms with E-state index in [-0.39, 0.29) is 12.1 Å². The van der Waals surface area contributed by atoms with Gasteiger partial charge in [0.2, 0.25) is 0 Å². The van der Waals surface area contributed by atoms with Crippen LogP contribution in [0.3, 0.4) is 0 Å². The van der Waals surface area contributed by atoms with Crippen LogP contribution in [0, 0.1) is 0 Å². The van der Waals surface area contributed by atoms with E-state index in [1.54, 1.807) is 0 Å². The standard InChI is InChI=1S/C28H53N5O/c1-2-3-4-5-6-7-8-9-10-11-12-13-14-15-20-28(34)21-19-26-32(24-18-25-33(26)28)23-17-16-22-31-27(29)30/h2,19,21,26,34H,1,3-18,20,22-25H2,(H4,29,30,31). The maximum Gasteiger partial charge on any atom is 0.185 e. The molecule has 0 aromatic rings. The molecule has 34 heavy (non-hydrogen) atoms. The predicted molar refractivity (Wildman–Crippen MR) is 146 cm³/mol. The molecule has 0 aliphatic carbocycles. The molecule has 0 radical (unpaired) electrons. The van der Waals surface area contributed by atoms with Gasteiger partial charge in [-0.2, -0.15) is 0 Å². The summed E-state index contributed by atoms with van der Waals surface area (Å²) < 4.78 is 0. The first kappa shape index (κ1) is 28.9. The van der Waals surface area contributed by atoms with Gasteiger partial charge in [0.1, 0.15) is 5.72 Å². The molecule has 0 aromatic heterocycles. The van der Waals surface area contributed by atoms with E-state index in [2.05, 4.69) is 33.5 Å². The van der Waals surface area contributed by atoms with Crippen LogP contribution in [0.4, 0.5) is 0 Å². The molecule has 2 heterocycles. The van der Waals surface area contributed by atoms with Crippen LogP contribution >= 0.6 is 0 Å².